The lowest BCUT2D eigenvalue weighted by atomic mass is 10.1. The Labute approximate surface area is 63.6 Å². The van der Waals surface area contributed by atoms with Crippen molar-refractivity contribution in [2.24, 2.45) is 0 Å². The molecular weight excluding hydrogens is 157 g/mol. The van der Waals surface area contributed by atoms with E-state index >= 15 is 0 Å². The number of hydrogen-bond donors (Lipinski definition) is 0. The third-order valence-electron chi connectivity index (χ3n) is 1.32. The highest BCUT2D eigenvalue weighted by Gasteiger charge is 2.36. The van der Waals surface area contributed by atoms with Gasteiger partial charge in [-0.2, -0.15) is 13.2 Å². The van der Waals surface area contributed by atoms with E-state index in [-0.39, 0.29) is 6.42 Å². The van der Waals surface area contributed by atoms with Gasteiger partial charge in [0, 0.05) is 6.42 Å². The van der Waals surface area contributed by atoms with Crippen LogP contribution in [0.1, 0.15) is 32.6 Å². The van der Waals surface area contributed by atoms with Crippen LogP contribution >= 0.6 is 0 Å². The molecule has 0 aromatic carbocycles. The standard InChI is InChI=1S/C7H11F3O/c1-2-3-4-5-6(11)7(8,9)10/h2-5H2,1H3. The van der Waals surface area contributed by atoms with Gasteiger partial charge in [0.15, 0.2) is 0 Å². The van der Waals surface area contributed by atoms with Crippen LogP contribution in [-0.2, 0) is 4.79 Å². The van der Waals surface area contributed by atoms with E-state index < -0.39 is 12.0 Å². The topological polar surface area (TPSA) is 17.1 Å². The Balaban J connectivity index is 3.54. The van der Waals surface area contributed by atoms with E-state index in [1.54, 1.807) is 0 Å². The first kappa shape index (κ1) is 10.5. The largest absolute Gasteiger partial charge is 0.449 e. The summed E-state index contributed by atoms with van der Waals surface area (Å²) in [6.07, 6.45) is -3.15. The van der Waals surface area contributed by atoms with Gasteiger partial charge in [0.05, 0.1) is 0 Å². The molecule has 0 saturated heterocycles. The summed E-state index contributed by atoms with van der Waals surface area (Å²) in [5.41, 5.74) is 0. The average Bonchev–Trinajstić information content (AvgIpc) is 1.86. The molecule has 1 nitrogen and oxygen atoms in total. The summed E-state index contributed by atoms with van der Waals surface area (Å²) in [6, 6.07) is 0. The average molecular weight is 168 g/mol. The molecule has 0 atom stereocenters. The van der Waals surface area contributed by atoms with Gasteiger partial charge in [-0.3, -0.25) is 4.79 Å². The zero-order chi connectivity index (χ0) is 8.91. The predicted molar refractivity (Wildman–Crippen MR) is 35.2 cm³/mol. The molecular formula is C7H11F3O. The molecule has 0 aliphatic heterocycles. The first-order valence-electron chi connectivity index (χ1n) is 3.58. The minimum Gasteiger partial charge on any atom is -0.290 e. The third kappa shape index (κ3) is 4.81. The zero-order valence-corrected chi connectivity index (χ0v) is 6.37. The highest BCUT2D eigenvalue weighted by molar-refractivity contribution is 5.83. The predicted octanol–water partition coefficient (Wildman–Crippen LogP) is 2.70. The molecule has 0 aliphatic carbocycles. The molecule has 11 heavy (non-hydrogen) atoms. The molecule has 0 radical (unpaired) electrons. The van der Waals surface area contributed by atoms with Crippen LogP contribution in [0.15, 0.2) is 0 Å². The lowest BCUT2D eigenvalue weighted by Gasteiger charge is -2.03. The van der Waals surface area contributed by atoms with Crippen molar-refractivity contribution in [2.75, 3.05) is 0 Å². The summed E-state index contributed by atoms with van der Waals surface area (Å²) in [5, 5.41) is 0. The summed E-state index contributed by atoms with van der Waals surface area (Å²) in [5.74, 6) is -1.61. The van der Waals surface area contributed by atoms with Crippen LogP contribution in [0.2, 0.25) is 0 Å². The Morgan fingerprint density at radius 1 is 1.27 bits per heavy atom. The van der Waals surface area contributed by atoms with Gasteiger partial charge in [0.25, 0.3) is 0 Å². The molecule has 0 fully saturated rings. The van der Waals surface area contributed by atoms with Crippen molar-refractivity contribution in [1.29, 1.82) is 0 Å². The summed E-state index contributed by atoms with van der Waals surface area (Å²) in [6.45, 7) is 1.87. The number of ketones is 1. The van der Waals surface area contributed by atoms with Crippen LogP contribution in [0.25, 0.3) is 0 Å². The maximum Gasteiger partial charge on any atom is 0.449 e. The lowest BCUT2D eigenvalue weighted by molar-refractivity contribution is -0.171. The lowest BCUT2D eigenvalue weighted by Crippen LogP contribution is -2.22. The van der Waals surface area contributed by atoms with Gasteiger partial charge >= 0.3 is 6.18 Å². The van der Waals surface area contributed by atoms with E-state index in [1.807, 2.05) is 6.92 Å². The van der Waals surface area contributed by atoms with E-state index in [0.29, 0.717) is 12.8 Å². The quantitative estimate of drug-likeness (QED) is 0.590. The van der Waals surface area contributed by atoms with Crippen molar-refractivity contribution in [3.8, 4) is 0 Å². The Bertz CT molecular complexity index is 128. The van der Waals surface area contributed by atoms with Crippen molar-refractivity contribution in [3.05, 3.63) is 0 Å². The highest BCUT2D eigenvalue weighted by Crippen LogP contribution is 2.19. The molecule has 0 rings (SSSR count). The molecule has 0 aromatic heterocycles. The smallest absolute Gasteiger partial charge is 0.290 e. The second kappa shape index (κ2) is 4.36. The maximum atomic E-state index is 11.5. The Morgan fingerprint density at radius 3 is 2.18 bits per heavy atom. The van der Waals surface area contributed by atoms with Crippen LogP contribution < -0.4 is 0 Å². The van der Waals surface area contributed by atoms with Gasteiger partial charge < -0.3 is 0 Å². The van der Waals surface area contributed by atoms with E-state index in [2.05, 4.69) is 0 Å². The van der Waals surface area contributed by atoms with Gasteiger partial charge in [-0.15, -0.1) is 0 Å². The van der Waals surface area contributed by atoms with Crippen molar-refractivity contribution < 1.29 is 18.0 Å². The Hall–Kier alpha value is -0.540. The number of Topliss-reactive ketones (excluding diaryl/α,β-unsaturated/α-hetero) is 1. The van der Waals surface area contributed by atoms with Crippen LogP contribution in [0, 0.1) is 0 Å². The molecule has 0 spiro atoms. The number of carbonyl (C=O) groups excluding carboxylic acids is 1. The highest BCUT2D eigenvalue weighted by atomic mass is 19.4. The monoisotopic (exact) mass is 168 g/mol. The van der Waals surface area contributed by atoms with Crippen LogP contribution in [0.3, 0.4) is 0 Å². The molecule has 0 saturated carbocycles. The molecule has 0 aromatic rings. The van der Waals surface area contributed by atoms with Crippen molar-refractivity contribution in [2.45, 2.75) is 38.8 Å². The molecule has 0 N–H and O–H groups in total. The Kier molecular flexibility index (Phi) is 4.15. The number of unbranched alkanes of at least 4 members (excludes halogenated alkanes) is 2. The van der Waals surface area contributed by atoms with Crippen molar-refractivity contribution >= 4 is 5.78 Å². The number of rotatable bonds is 4. The van der Waals surface area contributed by atoms with Crippen molar-refractivity contribution in [3.63, 3.8) is 0 Å². The number of alkyl halides is 3. The van der Waals surface area contributed by atoms with Gasteiger partial charge in [0.1, 0.15) is 0 Å². The van der Waals surface area contributed by atoms with Gasteiger partial charge in [-0.1, -0.05) is 19.8 Å². The molecule has 0 bridgehead atoms. The zero-order valence-electron chi connectivity index (χ0n) is 6.37. The van der Waals surface area contributed by atoms with E-state index in [4.69, 9.17) is 0 Å². The first-order valence-corrected chi connectivity index (χ1v) is 3.58. The third-order valence-corrected chi connectivity index (χ3v) is 1.32. The summed E-state index contributed by atoms with van der Waals surface area (Å²) < 4.78 is 34.6. The maximum absolute atomic E-state index is 11.5. The molecule has 66 valence electrons. The second-order valence-corrected chi connectivity index (χ2v) is 2.38. The SMILES string of the molecule is CCCCCC(=O)C(F)(F)F. The number of carbonyl (C=O) groups is 1. The second-order valence-electron chi connectivity index (χ2n) is 2.38. The molecule has 0 unspecified atom stereocenters. The van der Waals surface area contributed by atoms with Gasteiger partial charge in [0.2, 0.25) is 5.78 Å². The van der Waals surface area contributed by atoms with Gasteiger partial charge in [-0.25, -0.2) is 0 Å². The normalized spacial score (nSPS) is 11.6. The molecule has 0 heterocycles. The Morgan fingerprint density at radius 2 is 1.82 bits per heavy atom. The van der Waals surface area contributed by atoms with Crippen LogP contribution in [-0.4, -0.2) is 12.0 Å². The van der Waals surface area contributed by atoms with E-state index in [0.717, 1.165) is 6.42 Å². The summed E-state index contributed by atoms with van der Waals surface area (Å²) in [4.78, 5) is 10.2. The first-order chi connectivity index (χ1) is 4.98. The van der Waals surface area contributed by atoms with Crippen molar-refractivity contribution in [1.82, 2.24) is 0 Å². The molecule has 0 amide bonds. The minimum atomic E-state index is -4.63. The van der Waals surface area contributed by atoms with E-state index in [9.17, 15) is 18.0 Å². The minimum absolute atomic E-state index is 0.342. The summed E-state index contributed by atoms with van der Waals surface area (Å²) >= 11 is 0. The number of halogens is 3. The van der Waals surface area contributed by atoms with Crippen LogP contribution in [0.5, 0.6) is 0 Å². The molecule has 0 aliphatic rings. The fraction of sp³-hybridized carbons (Fsp3) is 0.857. The fourth-order valence-electron chi connectivity index (χ4n) is 0.677. The summed E-state index contributed by atoms with van der Waals surface area (Å²) in [7, 11) is 0. The van der Waals surface area contributed by atoms with Crippen LogP contribution in [0.4, 0.5) is 13.2 Å². The van der Waals surface area contributed by atoms with Gasteiger partial charge in [-0.05, 0) is 6.42 Å². The molecule has 4 heteroatoms. The van der Waals surface area contributed by atoms with E-state index in [1.165, 1.54) is 0 Å². The number of hydrogen-bond acceptors (Lipinski definition) is 1. The fourth-order valence-corrected chi connectivity index (χ4v) is 0.677.